The molecule has 2 fully saturated rings. The van der Waals surface area contributed by atoms with Crippen molar-refractivity contribution in [1.29, 1.82) is 0 Å². The van der Waals surface area contributed by atoms with Crippen molar-refractivity contribution in [1.82, 2.24) is 20.1 Å². The third-order valence-corrected chi connectivity index (χ3v) is 7.49. The van der Waals surface area contributed by atoms with Crippen molar-refractivity contribution in [2.24, 2.45) is 0 Å². The predicted octanol–water partition coefficient (Wildman–Crippen LogP) is 0.611. The minimum atomic E-state index is -3.43. The number of carbonyl (C=O) groups excluding carboxylic acids is 1. The van der Waals surface area contributed by atoms with Gasteiger partial charge in [-0.15, -0.1) is 0 Å². The Balaban J connectivity index is 1.54. The van der Waals surface area contributed by atoms with Crippen molar-refractivity contribution in [2.45, 2.75) is 56.1 Å². The number of carbonyl (C=O) groups is 1. The number of fused-ring (bicyclic) bond motifs is 1. The average Bonchev–Trinajstić information content (AvgIpc) is 3.32. The fraction of sp³-hybridized carbons (Fsp3) is 0.611. The van der Waals surface area contributed by atoms with Crippen LogP contribution in [0, 0.1) is 0 Å². The summed E-state index contributed by atoms with van der Waals surface area (Å²) in [5.41, 5.74) is 8.23. The normalized spacial score (nSPS) is 26.9. The van der Waals surface area contributed by atoms with Crippen molar-refractivity contribution >= 4 is 15.9 Å². The van der Waals surface area contributed by atoms with Crippen LogP contribution in [-0.4, -0.2) is 55.2 Å². The average molecular weight is 378 g/mol. The lowest BCUT2D eigenvalue weighted by molar-refractivity contribution is -0.134. The molecule has 7 nitrogen and oxygen atoms in total. The van der Waals surface area contributed by atoms with Crippen molar-refractivity contribution in [3.05, 3.63) is 29.3 Å². The van der Waals surface area contributed by atoms with Crippen LogP contribution in [0.3, 0.4) is 0 Å². The van der Waals surface area contributed by atoms with Crippen molar-refractivity contribution in [3.8, 4) is 0 Å². The Morgan fingerprint density at radius 2 is 1.88 bits per heavy atom. The fourth-order valence-electron chi connectivity index (χ4n) is 4.06. The molecule has 2 atom stereocenters. The fourth-order valence-corrected chi connectivity index (χ4v) is 5.63. The van der Waals surface area contributed by atoms with Gasteiger partial charge in [-0.3, -0.25) is 10.2 Å². The molecule has 8 heteroatoms. The Kier molecular flexibility index (Phi) is 4.77. The second kappa shape index (κ2) is 6.92. The van der Waals surface area contributed by atoms with E-state index in [1.165, 1.54) is 0 Å². The topological polar surface area (TPSA) is 81.8 Å². The summed E-state index contributed by atoms with van der Waals surface area (Å²) in [4.78, 5) is 14.9. The molecule has 0 saturated carbocycles. The largest absolute Gasteiger partial charge is 0.337 e. The summed E-state index contributed by atoms with van der Waals surface area (Å²) in [6.45, 7) is 4.40. The first-order valence-electron chi connectivity index (χ1n) is 9.37. The van der Waals surface area contributed by atoms with Crippen LogP contribution in [0.2, 0.25) is 0 Å². The Labute approximate surface area is 154 Å². The molecule has 0 aromatic heterocycles. The molecule has 0 radical (unpaired) electrons. The summed E-state index contributed by atoms with van der Waals surface area (Å²) in [6.07, 6.45) is 3.38. The highest BCUT2D eigenvalue weighted by Crippen LogP contribution is 2.27. The highest BCUT2D eigenvalue weighted by atomic mass is 32.2. The highest BCUT2D eigenvalue weighted by molar-refractivity contribution is 7.89. The van der Waals surface area contributed by atoms with E-state index in [1.807, 2.05) is 17.9 Å². The van der Waals surface area contributed by atoms with Crippen LogP contribution < -0.4 is 10.9 Å². The van der Waals surface area contributed by atoms with Crippen molar-refractivity contribution in [3.63, 3.8) is 0 Å². The smallest absolute Gasteiger partial charge is 0.243 e. The van der Waals surface area contributed by atoms with Gasteiger partial charge < -0.3 is 4.90 Å². The van der Waals surface area contributed by atoms with E-state index in [-0.39, 0.29) is 18.0 Å². The maximum absolute atomic E-state index is 12.8. The molecule has 0 aliphatic carbocycles. The van der Waals surface area contributed by atoms with Crippen LogP contribution in [-0.2, 0) is 27.8 Å². The van der Waals surface area contributed by atoms with E-state index in [9.17, 15) is 13.2 Å². The Bertz CT molecular complexity index is 805. The highest BCUT2D eigenvalue weighted by Gasteiger charge is 2.33. The summed E-state index contributed by atoms with van der Waals surface area (Å²) in [6, 6.07) is 5.47. The van der Waals surface area contributed by atoms with Crippen LogP contribution >= 0.6 is 0 Å². The van der Waals surface area contributed by atoms with Gasteiger partial charge in [0.2, 0.25) is 15.9 Å². The van der Waals surface area contributed by atoms with Crippen LogP contribution in [0.15, 0.2) is 23.1 Å². The molecule has 0 bridgehead atoms. The van der Waals surface area contributed by atoms with Gasteiger partial charge in [0.25, 0.3) is 0 Å². The van der Waals surface area contributed by atoms with Gasteiger partial charge in [-0.1, -0.05) is 6.07 Å². The first kappa shape index (κ1) is 17.9. The first-order chi connectivity index (χ1) is 12.4. The third kappa shape index (κ3) is 3.26. The molecule has 4 rings (SSSR count). The first-order valence-corrected chi connectivity index (χ1v) is 10.8. The van der Waals surface area contributed by atoms with E-state index >= 15 is 0 Å². The zero-order valence-electron chi connectivity index (χ0n) is 15.1. The number of hydrogen-bond acceptors (Lipinski definition) is 5. The van der Waals surface area contributed by atoms with Gasteiger partial charge in [-0.25, -0.2) is 13.8 Å². The molecule has 0 spiro atoms. The van der Waals surface area contributed by atoms with Crippen LogP contribution in [0.25, 0.3) is 0 Å². The van der Waals surface area contributed by atoms with E-state index in [1.54, 1.807) is 16.4 Å². The van der Waals surface area contributed by atoms with E-state index in [0.29, 0.717) is 31.1 Å². The Hall–Kier alpha value is -1.48. The molecule has 1 aromatic carbocycles. The zero-order valence-corrected chi connectivity index (χ0v) is 15.9. The lowest BCUT2D eigenvalue weighted by atomic mass is 9.99. The summed E-state index contributed by atoms with van der Waals surface area (Å²) in [7, 11) is -3.43. The van der Waals surface area contributed by atoms with Crippen molar-refractivity contribution in [2.75, 3.05) is 19.6 Å². The minimum absolute atomic E-state index is 0.0836. The Morgan fingerprint density at radius 1 is 1.12 bits per heavy atom. The lowest BCUT2D eigenvalue weighted by Crippen LogP contribution is -2.47. The van der Waals surface area contributed by atoms with Crippen LogP contribution in [0.4, 0.5) is 0 Å². The molecule has 2 saturated heterocycles. The van der Waals surface area contributed by atoms with Gasteiger partial charge in [-0.2, -0.15) is 4.31 Å². The maximum atomic E-state index is 12.8. The lowest BCUT2D eigenvalue weighted by Gasteiger charge is -2.31. The van der Waals surface area contributed by atoms with Gasteiger partial charge in [0.1, 0.15) is 6.04 Å². The predicted molar refractivity (Wildman–Crippen MR) is 97.7 cm³/mol. The summed E-state index contributed by atoms with van der Waals surface area (Å²) in [5, 5.41) is 0. The van der Waals surface area contributed by atoms with E-state index in [0.717, 1.165) is 36.8 Å². The molecule has 3 aliphatic rings. The zero-order chi connectivity index (χ0) is 18.3. The molecule has 3 heterocycles. The quantitative estimate of drug-likeness (QED) is 0.806. The molecule has 1 amide bonds. The number of hydrazine groups is 1. The van der Waals surface area contributed by atoms with Crippen LogP contribution in [0.1, 0.15) is 37.3 Å². The number of hydrogen-bond donors (Lipinski definition) is 2. The third-order valence-electron chi connectivity index (χ3n) is 5.60. The maximum Gasteiger partial charge on any atom is 0.243 e. The molecule has 2 N–H and O–H groups in total. The summed E-state index contributed by atoms with van der Waals surface area (Å²) >= 11 is 0. The van der Waals surface area contributed by atoms with Gasteiger partial charge in [0.15, 0.2) is 0 Å². The van der Waals surface area contributed by atoms with E-state index in [2.05, 4.69) is 10.9 Å². The number of amides is 1. The molecule has 26 heavy (non-hydrogen) atoms. The molecular formula is C18H26N4O3S. The van der Waals surface area contributed by atoms with Crippen molar-refractivity contribution < 1.29 is 13.2 Å². The minimum Gasteiger partial charge on any atom is -0.337 e. The monoisotopic (exact) mass is 378 g/mol. The van der Waals surface area contributed by atoms with Gasteiger partial charge >= 0.3 is 0 Å². The second-order valence-corrected chi connectivity index (χ2v) is 9.47. The number of rotatable bonds is 3. The number of nitrogens with zero attached hydrogens (tertiary/aromatic N) is 2. The standard InChI is InChI=1S/C18H26N4O3S/c1-13-10-17(20-19-13)18(23)21-9-6-14-4-5-16(11-15(14)12-21)26(24,25)22-7-2-3-8-22/h4-5,11,13,17,19-20H,2-3,6-10,12H2,1H3. The Morgan fingerprint density at radius 3 is 2.58 bits per heavy atom. The SMILES string of the molecule is CC1CC(C(=O)N2CCc3ccc(S(=O)(=O)N4CCCC4)cc3C2)NN1. The molecule has 1 aromatic rings. The number of sulfonamides is 1. The number of nitrogens with one attached hydrogen (secondary N) is 2. The summed E-state index contributed by atoms with van der Waals surface area (Å²) in [5.74, 6) is 0.0836. The summed E-state index contributed by atoms with van der Waals surface area (Å²) < 4.78 is 27.2. The van der Waals surface area contributed by atoms with Gasteiger partial charge in [0.05, 0.1) is 4.90 Å². The van der Waals surface area contributed by atoms with Gasteiger partial charge in [-0.05, 0) is 55.9 Å². The second-order valence-electron chi connectivity index (χ2n) is 7.53. The van der Waals surface area contributed by atoms with E-state index < -0.39 is 10.0 Å². The molecule has 2 unspecified atom stereocenters. The van der Waals surface area contributed by atoms with Crippen LogP contribution in [0.5, 0.6) is 0 Å². The van der Waals surface area contributed by atoms with E-state index in [4.69, 9.17) is 0 Å². The van der Waals surface area contributed by atoms with Gasteiger partial charge in [0, 0.05) is 32.2 Å². The molecular weight excluding hydrogens is 352 g/mol. The number of benzene rings is 1. The molecule has 3 aliphatic heterocycles. The molecule has 142 valence electrons.